The monoisotopic (exact) mass is 751 g/mol. The van der Waals surface area contributed by atoms with Gasteiger partial charge in [0.2, 0.25) is 0 Å². The Hall–Kier alpha value is -3.80. The smallest absolute Gasteiger partial charge is 0.482 e. The number of methoxy groups -OCH3 is 1. The molecule has 0 radical (unpaired) electrons. The summed E-state index contributed by atoms with van der Waals surface area (Å²) < 4.78 is 43.9. The van der Waals surface area contributed by atoms with Crippen LogP contribution < -0.4 is 19.3 Å². The van der Waals surface area contributed by atoms with Crippen molar-refractivity contribution in [1.82, 2.24) is 5.32 Å². The molecule has 5 atom stereocenters. The lowest BCUT2D eigenvalue weighted by atomic mass is 9.48. The molecule has 7 rings (SSSR count). The van der Waals surface area contributed by atoms with E-state index in [0.717, 1.165) is 11.1 Å². The first-order chi connectivity index (χ1) is 24.6. The quantitative estimate of drug-likeness (QED) is 0.0983. The maximum atomic E-state index is 15.3. The molecule has 1 saturated carbocycles. The SMILES string of the molecule is CNC12C=C3C(=O)c4c(OP(=O)(O)O)c5c(c(CC=C(C)C)c4OC34C(C1)C(C)(C)O[C@@]4(C/C=C(/C)C(=O)OC)C2=O)OC(C)(CCC=C(C)C)C=C5. The Kier molecular flexibility index (Phi) is 9.48. The van der Waals surface area contributed by atoms with E-state index in [9.17, 15) is 19.1 Å². The van der Waals surface area contributed by atoms with E-state index >= 15 is 9.59 Å². The van der Waals surface area contributed by atoms with Crippen LogP contribution in [0.2, 0.25) is 0 Å². The fourth-order valence-electron chi connectivity index (χ4n) is 8.84. The van der Waals surface area contributed by atoms with Gasteiger partial charge in [-0.1, -0.05) is 29.4 Å². The number of benzene rings is 1. The number of ether oxygens (including phenoxy) is 4. The molecule has 13 heteroatoms. The first kappa shape index (κ1) is 38.9. The minimum atomic E-state index is -5.25. The standard InChI is InChI=1S/C40H50NO11P/c1-22(2)12-11-17-37(8)18-16-26-31(49-37)25(14-13-23(3)4)32-29(33(26)51-53(45,46)47)30(42)27-20-38(41-9)21-28-36(6,7)52-39(35(38)44,40(27,28)50-32)19-15-24(5)34(43)48-10/h12-13,15-16,18,20,28,41H,11,14,17,19,21H2,1-10H3,(H2,45,46,47)/b24-15-/t28?,37?,38?,39-,40?/m0/s1. The van der Waals surface area contributed by atoms with Crippen molar-refractivity contribution in [2.75, 3.05) is 14.2 Å². The van der Waals surface area contributed by atoms with Crippen molar-refractivity contribution in [1.29, 1.82) is 0 Å². The number of carbonyl (C=O) groups excluding carboxylic acids is 3. The van der Waals surface area contributed by atoms with Crippen LogP contribution in [-0.2, 0) is 30.0 Å². The number of esters is 1. The highest BCUT2D eigenvalue weighted by molar-refractivity contribution is 7.46. The predicted octanol–water partition coefficient (Wildman–Crippen LogP) is 6.44. The summed E-state index contributed by atoms with van der Waals surface area (Å²) in [4.78, 5) is 63.4. The van der Waals surface area contributed by atoms with Crippen LogP contribution in [0.25, 0.3) is 6.08 Å². The number of nitrogens with one attached hydrogen (secondary N) is 1. The molecule has 286 valence electrons. The van der Waals surface area contributed by atoms with Gasteiger partial charge in [-0.25, -0.2) is 9.36 Å². The van der Waals surface area contributed by atoms with E-state index in [2.05, 4.69) is 11.4 Å². The van der Waals surface area contributed by atoms with Crippen molar-refractivity contribution < 1.29 is 52.2 Å². The molecule has 0 aromatic heterocycles. The number of phosphoric ester groups is 1. The van der Waals surface area contributed by atoms with E-state index in [4.69, 9.17) is 23.5 Å². The molecule has 1 saturated heterocycles. The van der Waals surface area contributed by atoms with Gasteiger partial charge in [-0.15, -0.1) is 0 Å². The number of carbonyl (C=O) groups is 3. The van der Waals surface area contributed by atoms with Crippen LogP contribution in [-0.4, -0.2) is 69.4 Å². The molecular formula is C40H50NO11P. The first-order valence-electron chi connectivity index (χ1n) is 17.9. The number of ketones is 2. The molecule has 1 aromatic rings. The molecule has 12 nitrogen and oxygen atoms in total. The summed E-state index contributed by atoms with van der Waals surface area (Å²) in [6.45, 7) is 15.1. The average molecular weight is 752 g/mol. The fraction of sp³-hybridized carbons (Fsp3) is 0.525. The Morgan fingerprint density at radius 3 is 2.32 bits per heavy atom. The highest BCUT2D eigenvalue weighted by Crippen LogP contribution is 2.69. The molecule has 0 amide bonds. The molecule has 1 spiro atoms. The highest BCUT2D eigenvalue weighted by Gasteiger charge is 2.84. The number of fused-ring (bicyclic) bond motifs is 2. The van der Waals surface area contributed by atoms with Crippen molar-refractivity contribution >= 4 is 31.4 Å². The van der Waals surface area contributed by atoms with Crippen LogP contribution in [0.4, 0.5) is 0 Å². The lowest BCUT2D eigenvalue weighted by Gasteiger charge is -2.59. The van der Waals surface area contributed by atoms with E-state index in [-0.39, 0.29) is 64.6 Å². The van der Waals surface area contributed by atoms with Crippen molar-refractivity contribution in [2.24, 2.45) is 5.92 Å². The van der Waals surface area contributed by atoms with Gasteiger partial charge in [0.25, 0.3) is 0 Å². The number of allylic oxidation sites excluding steroid dienone is 4. The summed E-state index contributed by atoms with van der Waals surface area (Å²) in [7, 11) is -2.35. The number of phosphoric acid groups is 1. The van der Waals surface area contributed by atoms with Crippen LogP contribution >= 0.6 is 7.82 Å². The van der Waals surface area contributed by atoms with Gasteiger partial charge in [-0.05, 0) is 106 Å². The number of Topliss-reactive ketones (excluding diaryl/α,β-unsaturated/α-hetero) is 2. The molecule has 4 bridgehead atoms. The van der Waals surface area contributed by atoms with E-state index in [1.54, 1.807) is 32.2 Å². The topological polar surface area (TPSA) is 167 Å². The molecule has 4 unspecified atom stereocenters. The number of hydrogen-bond donors (Lipinski definition) is 3. The van der Waals surface area contributed by atoms with Gasteiger partial charge < -0.3 is 28.8 Å². The highest BCUT2D eigenvalue weighted by atomic mass is 31.2. The Bertz CT molecular complexity index is 2010. The van der Waals surface area contributed by atoms with Crippen LogP contribution in [0.5, 0.6) is 17.2 Å². The first-order valence-corrected chi connectivity index (χ1v) is 19.4. The average Bonchev–Trinajstić information content (AvgIpc) is 3.22. The third-order valence-corrected chi connectivity index (χ3v) is 11.8. The third kappa shape index (κ3) is 5.98. The zero-order valence-electron chi connectivity index (χ0n) is 32.1. The molecule has 2 fully saturated rings. The lowest BCUT2D eigenvalue weighted by molar-refractivity contribution is -0.174. The number of hydrogen-bond acceptors (Lipinski definition) is 10. The van der Waals surface area contributed by atoms with Crippen molar-refractivity contribution in [2.45, 2.75) is 115 Å². The van der Waals surface area contributed by atoms with Crippen molar-refractivity contribution in [3.8, 4) is 17.2 Å². The van der Waals surface area contributed by atoms with Crippen LogP contribution in [0.3, 0.4) is 0 Å². The molecule has 3 aliphatic heterocycles. The van der Waals surface area contributed by atoms with E-state index in [1.807, 2.05) is 60.6 Å². The summed E-state index contributed by atoms with van der Waals surface area (Å²) in [6, 6.07) is 0. The van der Waals surface area contributed by atoms with Crippen molar-refractivity contribution in [3.05, 3.63) is 69.4 Å². The van der Waals surface area contributed by atoms with Gasteiger partial charge in [0, 0.05) is 29.0 Å². The molecule has 3 N–H and O–H groups in total. The summed E-state index contributed by atoms with van der Waals surface area (Å²) in [5.74, 6) is -2.24. The number of likely N-dealkylation sites (N-methyl/N-ethyl adjacent to an activating group) is 1. The maximum Gasteiger partial charge on any atom is 0.524 e. The molecular weight excluding hydrogens is 701 g/mol. The molecule has 3 aliphatic carbocycles. The minimum Gasteiger partial charge on any atom is -0.482 e. The molecule has 53 heavy (non-hydrogen) atoms. The molecule has 3 heterocycles. The van der Waals surface area contributed by atoms with Gasteiger partial charge >= 0.3 is 13.8 Å². The number of rotatable bonds is 11. The lowest BCUT2D eigenvalue weighted by Crippen LogP contribution is -2.79. The Morgan fingerprint density at radius 1 is 1.04 bits per heavy atom. The fourth-order valence-corrected chi connectivity index (χ4v) is 9.27. The van der Waals surface area contributed by atoms with Gasteiger partial charge in [-0.2, -0.15) is 0 Å². The zero-order chi connectivity index (χ0) is 39.1. The Labute approximate surface area is 310 Å². The summed E-state index contributed by atoms with van der Waals surface area (Å²) in [5.41, 5.74) is -3.74. The second-order valence-corrected chi connectivity index (χ2v) is 17.2. The summed E-state index contributed by atoms with van der Waals surface area (Å²) in [6.07, 6.45) is 12.3. The second-order valence-electron chi connectivity index (χ2n) is 16.0. The van der Waals surface area contributed by atoms with E-state index in [1.165, 1.54) is 7.11 Å². The molecule has 1 aromatic carbocycles. The normalized spacial score (nSPS) is 30.3. The van der Waals surface area contributed by atoms with Crippen LogP contribution in [0.1, 0.15) is 103 Å². The zero-order valence-corrected chi connectivity index (χ0v) is 33.0. The van der Waals surface area contributed by atoms with E-state index in [0.29, 0.717) is 18.4 Å². The van der Waals surface area contributed by atoms with Gasteiger partial charge in [0.15, 0.2) is 28.5 Å². The third-order valence-electron chi connectivity index (χ3n) is 11.4. The van der Waals surface area contributed by atoms with Gasteiger partial charge in [0.05, 0.1) is 18.3 Å². The van der Waals surface area contributed by atoms with E-state index < -0.39 is 53.4 Å². The van der Waals surface area contributed by atoms with Crippen LogP contribution in [0.15, 0.2) is 52.7 Å². The summed E-state index contributed by atoms with van der Waals surface area (Å²) >= 11 is 0. The largest absolute Gasteiger partial charge is 0.524 e. The second kappa shape index (κ2) is 12.9. The van der Waals surface area contributed by atoms with Gasteiger partial charge in [-0.3, -0.25) is 19.4 Å². The minimum absolute atomic E-state index is 0.00444. The Balaban J connectivity index is 1.69. The Morgan fingerprint density at radius 2 is 1.72 bits per heavy atom. The van der Waals surface area contributed by atoms with Gasteiger partial charge in [0.1, 0.15) is 28.2 Å². The van der Waals surface area contributed by atoms with Crippen molar-refractivity contribution in [3.63, 3.8) is 0 Å². The molecule has 6 aliphatic rings. The summed E-state index contributed by atoms with van der Waals surface area (Å²) in [5, 5.41) is 3.17. The van der Waals surface area contributed by atoms with Crippen LogP contribution in [0, 0.1) is 5.92 Å². The maximum absolute atomic E-state index is 15.3. The predicted molar refractivity (Wildman–Crippen MR) is 198 cm³/mol.